The van der Waals surface area contributed by atoms with Crippen LogP contribution in [-0.4, -0.2) is 59.2 Å². The maximum Gasteiger partial charge on any atom is 0.225 e. The second-order valence-corrected chi connectivity index (χ2v) is 6.79. The molecule has 1 aliphatic heterocycles. The molecule has 0 radical (unpaired) electrons. The highest BCUT2D eigenvalue weighted by Gasteiger charge is 2.18. The van der Waals surface area contributed by atoms with Crippen molar-refractivity contribution in [3.63, 3.8) is 0 Å². The van der Waals surface area contributed by atoms with Crippen LogP contribution in [0.4, 0.5) is 5.95 Å². The highest BCUT2D eigenvalue weighted by molar-refractivity contribution is 5.86. The standard InChI is InChI=1S/C21H25N5O.3ClH/c1(2-16-27-19-6-7-20-18(17-19)5-3-8-22-20)11-25-12-14-26(15-13-25)21-23-9-4-10-24-21;;;/h3-10,17H,1-2,11-16H2;3*1H. The van der Waals surface area contributed by atoms with Gasteiger partial charge in [0.2, 0.25) is 5.95 Å². The Hall–Kier alpha value is -1.86. The largest absolute Gasteiger partial charge is 0.494 e. The van der Waals surface area contributed by atoms with E-state index in [0.717, 1.165) is 74.8 Å². The van der Waals surface area contributed by atoms with Gasteiger partial charge in [0.05, 0.1) is 12.1 Å². The van der Waals surface area contributed by atoms with Crippen LogP contribution in [0, 0.1) is 0 Å². The van der Waals surface area contributed by atoms with Crippen molar-refractivity contribution in [1.29, 1.82) is 0 Å². The molecule has 0 saturated carbocycles. The third-order valence-electron chi connectivity index (χ3n) is 4.92. The summed E-state index contributed by atoms with van der Waals surface area (Å²) in [4.78, 5) is 17.8. The SMILES string of the molecule is Cl.Cl.Cl.c1cnc(N2CCN(CCCCOc3ccc4ncccc4c3)CC2)nc1. The third-order valence-corrected chi connectivity index (χ3v) is 4.92. The number of unbranched alkanes of at least 4 members (excludes halogenated alkanes) is 1. The van der Waals surface area contributed by atoms with E-state index in [1.807, 2.05) is 30.5 Å². The van der Waals surface area contributed by atoms with E-state index in [1.165, 1.54) is 0 Å². The Labute approximate surface area is 196 Å². The number of nitrogens with zero attached hydrogens (tertiary/aromatic N) is 5. The molecule has 0 atom stereocenters. The van der Waals surface area contributed by atoms with Gasteiger partial charge in [-0.1, -0.05) is 6.07 Å². The molecule has 3 aromatic rings. The molecule has 0 aliphatic carbocycles. The molecule has 0 spiro atoms. The number of benzene rings is 1. The molecule has 4 rings (SSSR count). The first kappa shape index (κ1) is 26.2. The van der Waals surface area contributed by atoms with Crippen LogP contribution in [0.5, 0.6) is 5.75 Å². The smallest absolute Gasteiger partial charge is 0.225 e. The molecular weight excluding hydrogens is 445 g/mol. The minimum atomic E-state index is 0. The van der Waals surface area contributed by atoms with Crippen molar-refractivity contribution in [3.8, 4) is 5.75 Å². The van der Waals surface area contributed by atoms with Crippen molar-refractivity contribution in [1.82, 2.24) is 19.9 Å². The first-order valence-corrected chi connectivity index (χ1v) is 9.60. The molecule has 0 amide bonds. The molecule has 1 saturated heterocycles. The van der Waals surface area contributed by atoms with Gasteiger partial charge in [-0.3, -0.25) is 9.88 Å². The topological polar surface area (TPSA) is 54.4 Å². The van der Waals surface area contributed by atoms with Gasteiger partial charge in [-0.05, 0) is 49.7 Å². The lowest BCUT2D eigenvalue weighted by Gasteiger charge is -2.34. The molecule has 164 valence electrons. The molecule has 30 heavy (non-hydrogen) atoms. The van der Waals surface area contributed by atoms with Crippen LogP contribution >= 0.6 is 37.2 Å². The van der Waals surface area contributed by atoms with Gasteiger partial charge in [-0.25, -0.2) is 9.97 Å². The van der Waals surface area contributed by atoms with Gasteiger partial charge in [-0.15, -0.1) is 37.2 Å². The Bertz CT molecular complexity index is 863. The van der Waals surface area contributed by atoms with E-state index in [4.69, 9.17) is 4.74 Å². The highest BCUT2D eigenvalue weighted by atomic mass is 35.5. The van der Waals surface area contributed by atoms with Crippen molar-refractivity contribution in [2.75, 3.05) is 44.2 Å². The van der Waals surface area contributed by atoms with E-state index < -0.39 is 0 Å². The predicted octanol–water partition coefficient (Wildman–Crippen LogP) is 4.27. The number of ether oxygens (including phenoxy) is 1. The summed E-state index contributed by atoms with van der Waals surface area (Å²) in [7, 11) is 0. The number of fused-ring (bicyclic) bond motifs is 1. The lowest BCUT2D eigenvalue weighted by Crippen LogP contribution is -2.47. The molecule has 0 bridgehead atoms. The van der Waals surface area contributed by atoms with Crippen LogP contribution in [0.1, 0.15) is 12.8 Å². The van der Waals surface area contributed by atoms with Crippen LogP contribution in [0.25, 0.3) is 10.9 Å². The number of halogens is 3. The van der Waals surface area contributed by atoms with Gasteiger partial charge < -0.3 is 9.64 Å². The van der Waals surface area contributed by atoms with Crippen molar-refractivity contribution in [3.05, 3.63) is 55.0 Å². The van der Waals surface area contributed by atoms with Gasteiger partial charge in [-0.2, -0.15) is 0 Å². The first-order valence-electron chi connectivity index (χ1n) is 9.60. The van der Waals surface area contributed by atoms with E-state index in [1.54, 1.807) is 12.4 Å². The summed E-state index contributed by atoms with van der Waals surface area (Å²) in [5.74, 6) is 1.77. The summed E-state index contributed by atoms with van der Waals surface area (Å²) >= 11 is 0. The van der Waals surface area contributed by atoms with E-state index >= 15 is 0 Å². The number of aromatic nitrogens is 3. The average molecular weight is 473 g/mol. The molecule has 3 heterocycles. The monoisotopic (exact) mass is 471 g/mol. The molecule has 9 heteroatoms. The average Bonchev–Trinajstić information content (AvgIpc) is 2.74. The predicted molar refractivity (Wildman–Crippen MR) is 129 cm³/mol. The zero-order chi connectivity index (χ0) is 18.3. The van der Waals surface area contributed by atoms with Crippen LogP contribution in [0.3, 0.4) is 0 Å². The lowest BCUT2D eigenvalue weighted by molar-refractivity contribution is 0.238. The van der Waals surface area contributed by atoms with Crippen LogP contribution in [0.15, 0.2) is 55.0 Å². The van der Waals surface area contributed by atoms with E-state index in [2.05, 4.69) is 36.9 Å². The number of hydrogen-bond donors (Lipinski definition) is 0. The van der Waals surface area contributed by atoms with E-state index in [0.29, 0.717) is 0 Å². The van der Waals surface area contributed by atoms with Crippen molar-refractivity contribution in [2.45, 2.75) is 12.8 Å². The molecule has 1 aliphatic rings. The molecule has 1 fully saturated rings. The van der Waals surface area contributed by atoms with Crippen LogP contribution < -0.4 is 9.64 Å². The normalized spacial score (nSPS) is 13.7. The second-order valence-electron chi connectivity index (χ2n) is 6.79. The highest BCUT2D eigenvalue weighted by Crippen LogP contribution is 2.19. The Balaban J connectivity index is 0.00000150. The molecule has 1 aromatic carbocycles. The van der Waals surface area contributed by atoms with E-state index in [9.17, 15) is 0 Å². The number of hydrogen-bond acceptors (Lipinski definition) is 6. The fourth-order valence-corrected chi connectivity index (χ4v) is 3.40. The van der Waals surface area contributed by atoms with Crippen molar-refractivity contribution >= 4 is 54.1 Å². The van der Waals surface area contributed by atoms with Gasteiger partial charge in [0.25, 0.3) is 0 Å². The van der Waals surface area contributed by atoms with Crippen LogP contribution in [0.2, 0.25) is 0 Å². The molecule has 0 N–H and O–H groups in total. The summed E-state index contributed by atoms with van der Waals surface area (Å²) in [5.41, 5.74) is 1.00. The molecule has 6 nitrogen and oxygen atoms in total. The summed E-state index contributed by atoms with van der Waals surface area (Å²) in [6.07, 6.45) is 7.64. The fourth-order valence-electron chi connectivity index (χ4n) is 3.40. The molecule has 0 unspecified atom stereocenters. The maximum absolute atomic E-state index is 5.91. The summed E-state index contributed by atoms with van der Waals surface area (Å²) in [6.45, 7) is 5.99. The summed E-state index contributed by atoms with van der Waals surface area (Å²) in [6, 6.07) is 12.0. The first-order chi connectivity index (χ1) is 13.4. The van der Waals surface area contributed by atoms with Crippen LogP contribution in [-0.2, 0) is 0 Å². The second kappa shape index (κ2) is 13.4. The third kappa shape index (κ3) is 7.13. The maximum atomic E-state index is 5.91. The Morgan fingerprint density at radius 1 is 0.800 bits per heavy atom. The Morgan fingerprint density at radius 2 is 1.53 bits per heavy atom. The minimum absolute atomic E-state index is 0. The van der Waals surface area contributed by atoms with Gasteiger partial charge in [0, 0.05) is 50.2 Å². The molecule has 2 aromatic heterocycles. The lowest BCUT2D eigenvalue weighted by atomic mass is 10.2. The van der Waals surface area contributed by atoms with Crippen molar-refractivity contribution < 1.29 is 4.74 Å². The van der Waals surface area contributed by atoms with Crippen molar-refractivity contribution in [2.24, 2.45) is 0 Å². The van der Waals surface area contributed by atoms with Gasteiger partial charge >= 0.3 is 0 Å². The fraction of sp³-hybridized carbons (Fsp3) is 0.381. The van der Waals surface area contributed by atoms with Gasteiger partial charge in [0.1, 0.15) is 5.75 Å². The molecular formula is C21H28Cl3N5O. The number of pyridine rings is 1. The summed E-state index contributed by atoms with van der Waals surface area (Å²) < 4.78 is 5.91. The number of rotatable bonds is 7. The Kier molecular flexibility index (Phi) is 11.7. The summed E-state index contributed by atoms with van der Waals surface area (Å²) in [5, 5.41) is 1.12. The number of anilines is 1. The van der Waals surface area contributed by atoms with Gasteiger partial charge in [0.15, 0.2) is 0 Å². The Morgan fingerprint density at radius 3 is 2.30 bits per heavy atom. The quantitative estimate of drug-likeness (QED) is 0.479. The number of piperazine rings is 1. The van der Waals surface area contributed by atoms with E-state index in [-0.39, 0.29) is 37.2 Å². The minimum Gasteiger partial charge on any atom is -0.494 e. The zero-order valence-electron chi connectivity index (χ0n) is 16.7. The zero-order valence-corrected chi connectivity index (χ0v) is 19.2.